The number of nitro groups is 1. The summed E-state index contributed by atoms with van der Waals surface area (Å²) in [4.78, 5) is 13.1. The maximum absolute atomic E-state index is 11.3. The molecule has 2 atom stereocenters. The molecule has 0 heterocycles. The normalized spacial score (nSPS) is 22.6. The Labute approximate surface area is 119 Å². The van der Waals surface area contributed by atoms with Crippen molar-refractivity contribution in [2.45, 2.75) is 38.6 Å². The van der Waals surface area contributed by atoms with E-state index in [0.29, 0.717) is 29.8 Å². The molecule has 1 aromatic rings. The standard InChI is InChI=1S/C15H23N3O2/c1-11-6-5-9-14(15(11)18(19)20)17(2)13-8-4-3-7-12(13)10-16/h5-6,9,12-13H,3-4,7-8,10,16H2,1-2H3. The molecule has 0 aromatic heterocycles. The molecule has 2 rings (SSSR count). The van der Waals surface area contributed by atoms with E-state index >= 15 is 0 Å². The highest BCUT2D eigenvalue weighted by Gasteiger charge is 2.31. The van der Waals surface area contributed by atoms with Crippen LogP contribution in [0.5, 0.6) is 0 Å². The number of benzene rings is 1. The molecule has 1 fully saturated rings. The summed E-state index contributed by atoms with van der Waals surface area (Å²) in [5.41, 5.74) is 7.51. The number of anilines is 1. The van der Waals surface area contributed by atoms with Gasteiger partial charge >= 0.3 is 0 Å². The molecule has 1 aromatic carbocycles. The van der Waals surface area contributed by atoms with E-state index in [4.69, 9.17) is 5.73 Å². The fourth-order valence-electron chi connectivity index (χ4n) is 3.32. The lowest BCUT2D eigenvalue weighted by atomic mass is 9.83. The molecule has 1 aliphatic carbocycles. The lowest BCUT2D eigenvalue weighted by Crippen LogP contribution is -2.43. The van der Waals surface area contributed by atoms with Crippen LogP contribution in [0.15, 0.2) is 18.2 Å². The molecule has 1 aliphatic rings. The molecule has 2 unspecified atom stereocenters. The van der Waals surface area contributed by atoms with Crippen molar-refractivity contribution in [2.75, 3.05) is 18.5 Å². The zero-order valence-corrected chi connectivity index (χ0v) is 12.2. The summed E-state index contributed by atoms with van der Waals surface area (Å²) in [5, 5.41) is 11.3. The zero-order valence-electron chi connectivity index (χ0n) is 12.2. The maximum Gasteiger partial charge on any atom is 0.295 e. The second kappa shape index (κ2) is 6.22. The average molecular weight is 277 g/mol. The van der Waals surface area contributed by atoms with E-state index in [1.165, 1.54) is 12.8 Å². The van der Waals surface area contributed by atoms with Crippen LogP contribution in [-0.4, -0.2) is 24.6 Å². The third-order valence-electron chi connectivity index (χ3n) is 4.45. The molecular formula is C15H23N3O2. The van der Waals surface area contributed by atoms with Gasteiger partial charge in [-0.25, -0.2) is 0 Å². The number of nitrogens with two attached hydrogens (primary N) is 1. The first-order valence-electron chi connectivity index (χ1n) is 7.23. The van der Waals surface area contributed by atoms with Gasteiger partial charge < -0.3 is 10.6 Å². The first-order chi connectivity index (χ1) is 9.56. The molecular weight excluding hydrogens is 254 g/mol. The van der Waals surface area contributed by atoms with Gasteiger partial charge in [0.2, 0.25) is 0 Å². The van der Waals surface area contributed by atoms with E-state index < -0.39 is 0 Å². The Morgan fingerprint density at radius 3 is 2.75 bits per heavy atom. The van der Waals surface area contributed by atoms with E-state index in [1.54, 1.807) is 13.0 Å². The molecule has 0 spiro atoms. The highest BCUT2D eigenvalue weighted by Crippen LogP contribution is 2.36. The second-order valence-electron chi connectivity index (χ2n) is 5.66. The number of hydrogen-bond donors (Lipinski definition) is 1. The van der Waals surface area contributed by atoms with E-state index in [2.05, 4.69) is 4.90 Å². The van der Waals surface area contributed by atoms with Crippen LogP contribution < -0.4 is 10.6 Å². The Hall–Kier alpha value is -1.62. The van der Waals surface area contributed by atoms with Crippen LogP contribution in [0.3, 0.4) is 0 Å². The van der Waals surface area contributed by atoms with Crippen molar-refractivity contribution in [3.05, 3.63) is 33.9 Å². The zero-order chi connectivity index (χ0) is 14.7. The van der Waals surface area contributed by atoms with Gasteiger partial charge in [0.15, 0.2) is 0 Å². The first kappa shape index (κ1) is 14.8. The minimum Gasteiger partial charge on any atom is -0.366 e. The van der Waals surface area contributed by atoms with Crippen LogP contribution in [0.4, 0.5) is 11.4 Å². The molecule has 0 amide bonds. The molecule has 5 nitrogen and oxygen atoms in total. The Morgan fingerprint density at radius 1 is 1.40 bits per heavy atom. The minimum absolute atomic E-state index is 0.219. The number of aryl methyl sites for hydroxylation is 1. The molecule has 0 bridgehead atoms. The summed E-state index contributed by atoms with van der Waals surface area (Å²) in [5.74, 6) is 0.425. The van der Waals surface area contributed by atoms with E-state index in [-0.39, 0.29) is 10.6 Å². The second-order valence-corrected chi connectivity index (χ2v) is 5.66. The van der Waals surface area contributed by atoms with Crippen molar-refractivity contribution in [2.24, 2.45) is 11.7 Å². The van der Waals surface area contributed by atoms with Crippen LogP contribution in [0.1, 0.15) is 31.2 Å². The average Bonchev–Trinajstić information content (AvgIpc) is 2.45. The van der Waals surface area contributed by atoms with Gasteiger partial charge in [-0.15, -0.1) is 0 Å². The van der Waals surface area contributed by atoms with E-state index in [1.807, 2.05) is 19.2 Å². The third kappa shape index (κ3) is 2.77. The summed E-state index contributed by atoms with van der Waals surface area (Å²) in [6.45, 7) is 2.44. The van der Waals surface area contributed by atoms with Gasteiger partial charge in [0.05, 0.1) is 4.92 Å². The molecule has 20 heavy (non-hydrogen) atoms. The van der Waals surface area contributed by atoms with E-state index in [0.717, 1.165) is 12.8 Å². The molecule has 0 aliphatic heterocycles. The molecule has 110 valence electrons. The van der Waals surface area contributed by atoms with Crippen molar-refractivity contribution in [3.63, 3.8) is 0 Å². The quantitative estimate of drug-likeness (QED) is 0.678. The Kier molecular flexibility index (Phi) is 4.60. The lowest BCUT2D eigenvalue weighted by molar-refractivity contribution is -0.384. The number of rotatable bonds is 4. The SMILES string of the molecule is Cc1cccc(N(C)C2CCCCC2CN)c1[N+](=O)[O-]. The highest BCUT2D eigenvalue weighted by atomic mass is 16.6. The summed E-state index contributed by atoms with van der Waals surface area (Å²) in [6, 6.07) is 5.81. The van der Waals surface area contributed by atoms with Gasteiger partial charge in [-0.3, -0.25) is 10.1 Å². The van der Waals surface area contributed by atoms with E-state index in [9.17, 15) is 10.1 Å². The predicted molar refractivity (Wildman–Crippen MR) is 81.0 cm³/mol. The first-order valence-corrected chi connectivity index (χ1v) is 7.23. The molecule has 5 heteroatoms. The van der Waals surface area contributed by atoms with Crippen LogP contribution in [0.2, 0.25) is 0 Å². The summed E-state index contributed by atoms with van der Waals surface area (Å²) in [6.07, 6.45) is 4.56. The van der Waals surface area contributed by atoms with Gasteiger partial charge in [0, 0.05) is 18.7 Å². The summed E-state index contributed by atoms with van der Waals surface area (Å²) >= 11 is 0. The van der Waals surface area contributed by atoms with Crippen LogP contribution in [-0.2, 0) is 0 Å². The Balaban J connectivity index is 2.35. The number of nitro benzene ring substituents is 1. The predicted octanol–water partition coefficient (Wildman–Crippen LogP) is 2.86. The minimum atomic E-state index is -0.276. The van der Waals surface area contributed by atoms with Crippen LogP contribution in [0.25, 0.3) is 0 Å². The summed E-state index contributed by atoms with van der Waals surface area (Å²) in [7, 11) is 1.96. The maximum atomic E-state index is 11.3. The Morgan fingerprint density at radius 2 is 2.10 bits per heavy atom. The van der Waals surface area contributed by atoms with Crippen molar-refractivity contribution < 1.29 is 4.92 Å². The van der Waals surface area contributed by atoms with Gasteiger partial charge in [-0.2, -0.15) is 0 Å². The lowest BCUT2D eigenvalue weighted by Gasteiger charge is -2.38. The monoisotopic (exact) mass is 277 g/mol. The van der Waals surface area contributed by atoms with Crippen molar-refractivity contribution in [1.29, 1.82) is 0 Å². The van der Waals surface area contributed by atoms with Gasteiger partial charge in [0.1, 0.15) is 5.69 Å². The highest BCUT2D eigenvalue weighted by molar-refractivity contribution is 5.66. The van der Waals surface area contributed by atoms with Gasteiger partial charge in [-0.05, 0) is 38.3 Å². The number of para-hydroxylation sites is 1. The Bertz CT molecular complexity index is 490. The van der Waals surface area contributed by atoms with Gasteiger partial charge in [0.25, 0.3) is 5.69 Å². The van der Waals surface area contributed by atoms with Crippen molar-refractivity contribution in [3.8, 4) is 0 Å². The smallest absolute Gasteiger partial charge is 0.295 e. The molecule has 2 N–H and O–H groups in total. The molecule has 0 saturated heterocycles. The van der Waals surface area contributed by atoms with Crippen LogP contribution >= 0.6 is 0 Å². The van der Waals surface area contributed by atoms with Gasteiger partial charge in [-0.1, -0.05) is 25.0 Å². The molecule has 0 radical (unpaired) electrons. The van der Waals surface area contributed by atoms with Crippen LogP contribution in [0, 0.1) is 23.0 Å². The fraction of sp³-hybridized carbons (Fsp3) is 0.600. The largest absolute Gasteiger partial charge is 0.366 e. The molecule has 1 saturated carbocycles. The number of nitrogens with zero attached hydrogens (tertiary/aromatic N) is 2. The topological polar surface area (TPSA) is 72.4 Å². The fourth-order valence-corrected chi connectivity index (χ4v) is 3.32. The third-order valence-corrected chi connectivity index (χ3v) is 4.45. The summed E-state index contributed by atoms with van der Waals surface area (Å²) < 4.78 is 0. The van der Waals surface area contributed by atoms with Crippen molar-refractivity contribution in [1.82, 2.24) is 0 Å². The van der Waals surface area contributed by atoms with Crippen molar-refractivity contribution >= 4 is 11.4 Å². The number of hydrogen-bond acceptors (Lipinski definition) is 4.